The Balaban J connectivity index is 2.55. The fraction of sp³-hybridized carbons (Fsp3) is 0.0714. The summed E-state index contributed by atoms with van der Waals surface area (Å²) in [5.41, 5.74) is -0.787. The van der Waals surface area contributed by atoms with Crippen LogP contribution in [-0.4, -0.2) is 26.4 Å². The molecule has 2 aromatic rings. The minimum atomic E-state index is -4.54. The Labute approximate surface area is 152 Å². The summed E-state index contributed by atoms with van der Waals surface area (Å²) in [6.07, 6.45) is 0. The summed E-state index contributed by atoms with van der Waals surface area (Å²) in [4.78, 5) is 21.3. The lowest BCUT2D eigenvalue weighted by Gasteiger charge is -2.10. The molecule has 8 nitrogen and oxygen atoms in total. The van der Waals surface area contributed by atoms with Crippen molar-refractivity contribution in [1.29, 1.82) is 0 Å². The van der Waals surface area contributed by atoms with Crippen LogP contribution in [0.2, 0.25) is 10.0 Å². The maximum absolute atomic E-state index is 12.4. The Kier molecular flexibility index (Phi) is 5.51. The van der Waals surface area contributed by atoms with E-state index in [9.17, 15) is 23.3 Å². The normalized spacial score (nSPS) is 11.0. The van der Waals surface area contributed by atoms with Gasteiger partial charge in [-0.05, 0) is 24.3 Å². The van der Waals surface area contributed by atoms with Crippen molar-refractivity contribution in [1.82, 2.24) is 0 Å². The molecular weight excluding hydrogens is 397 g/mol. The zero-order valence-corrected chi connectivity index (χ0v) is 14.8. The molecule has 25 heavy (non-hydrogen) atoms. The number of carbonyl (C=O) groups is 1. The van der Waals surface area contributed by atoms with Gasteiger partial charge < -0.3 is 8.92 Å². The highest BCUT2D eigenvalue weighted by Gasteiger charge is 2.27. The SMILES string of the molecule is COC(=O)c1ccc([N+](=O)[O-])c(OS(=O)(=O)c2cc(Cl)ccc2Cl)c1. The average molecular weight is 406 g/mol. The third-order valence-electron chi connectivity index (χ3n) is 2.94. The molecule has 0 radical (unpaired) electrons. The maximum atomic E-state index is 12.4. The van der Waals surface area contributed by atoms with E-state index in [4.69, 9.17) is 27.4 Å². The zero-order valence-electron chi connectivity index (χ0n) is 12.4. The van der Waals surface area contributed by atoms with E-state index in [0.717, 1.165) is 31.4 Å². The molecule has 0 fully saturated rings. The van der Waals surface area contributed by atoms with E-state index in [1.165, 1.54) is 12.1 Å². The Hall–Kier alpha value is -2.36. The Morgan fingerprint density at radius 3 is 2.44 bits per heavy atom. The molecule has 11 heteroatoms. The minimum absolute atomic E-state index is 0.0735. The number of nitrogens with zero attached hydrogens (tertiary/aromatic N) is 1. The van der Waals surface area contributed by atoms with Crippen molar-refractivity contribution in [3.05, 3.63) is 62.1 Å². The third kappa shape index (κ3) is 4.19. The van der Waals surface area contributed by atoms with Crippen LogP contribution in [0.5, 0.6) is 5.75 Å². The first-order valence-corrected chi connectivity index (χ1v) is 8.58. The monoisotopic (exact) mass is 405 g/mol. The summed E-state index contributed by atoms with van der Waals surface area (Å²) >= 11 is 11.6. The summed E-state index contributed by atoms with van der Waals surface area (Å²) in [7, 11) is -3.44. The van der Waals surface area contributed by atoms with Crippen LogP contribution < -0.4 is 4.18 Å². The molecule has 0 saturated heterocycles. The molecule has 0 bridgehead atoms. The van der Waals surface area contributed by atoms with Crippen LogP contribution in [0.25, 0.3) is 0 Å². The smallest absolute Gasteiger partial charge is 0.341 e. The van der Waals surface area contributed by atoms with Crippen molar-refractivity contribution in [2.75, 3.05) is 7.11 Å². The second kappa shape index (κ2) is 7.26. The number of hydrogen-bond acceptors (Lipinski definition) is 7. The van der Waals surface area contributed by atoms with Crippen molar-refractivity contribution in [3.8, 4) is 5.75 Å². The molecular formula is C14H9Cl2NO7S. The first-order chi connectivity index (χ1) is 11.7. The van der Waals surface area contributed by atoms with Crippen LogP contribution in [0, 0.1) is 10.1 Å². The zero-order chi connectivity index (χ0) is 18.8. The summed E-state index contributed by atoms with van der Waals surface area (Å²) in [5.74, 6) is -1.48. The Morgan fingerprint density at radius 1 is 1.16 bits per heavy atom. The molecule has 2 aromatic carbocycles. The van der Waals surface area contributed by atoms with Crippen molar-refractivity contribution in [2.24, 2.45) is 0 Å². The number of nitro groups is 1. The second-order valence-corrected chi connectivity index (χ2v) is 6.90. The van der Waals surface area contributed by atoms with Crippen LogP contribution in [0.4, 0.5) is 5.69 Å². The maximum Gasteiger partial charge on any atom is 0.341 e. The van der Waals surface area contributed by atoms with Gasteiger partial charge in [0.1, 0.15) is 4.90 Å². The number of halogens is 2. The second-order valence-electron chi connectivity index (χ2n) is 4.54. The summed E-state index contributed by atoms with van der Waals surface area (Å²) in [6, 6.07) is 6.56. The number of rotatable bonds is 5. The summed E-state index contributed by atoms with van der Waals surface area (Å²) in [5, 5.41) is 11.0. The standard InChI is InChI=1S/C14H9Cl2NO7S/c1-23-14(18)8-2-5-11(17(19)20)12(6-8)24-25(21,22)13-7-9(15)3-4-10(13)16/h2-7H,1H3. The molecule has 2 rings (SSSR count). The number of carbonyl (C=O) groups excluding carboxylic acids is 1. The van der Waals surface area contributed by atoms with Gasteiger partial charge in [-0.25, -0.2) is 4.79 Å². The molecule has 0 atom stereocenters. The van der Waals surface area contributed by atoms with Crippen molar-refractivity contribution in [2.45, 2.75) is 4.90 Å². The van der Waals surface area contributed by atoms with E-state index in [-0.39, 0.29) is 15.6 Å². The van der Waals surface area contributed by atoms with Gasteiger partial charge in [0.2, 0.25) is 5.75 Å². The van der Waals surface area contributed by atoms with E-state index in [1.54, 1.807) is 0 Å². The number of methoxy groups -OCH3 is 1. The number of benzene rings is 2. The fourth-order valence-corrected chi connectivity index (χ4v) is 3.48. The number of esters is 1. The first kappa shape index (κ1) is 19.0. The lowest BCUT2D eigenvalue weighted by Crippen LogP contribution is -2.12. The van der Waals surface area contributed by atoms with Crippen LogP contribution in [0.3, 0.4) is 0 Å². The van der Waals surface area contributed by atoms with Crippen molar-refractivity contribution >= 4 is 45.0 Å². The average Bonchev–Trinajstić information content (AvgIpc) is 2.55. The highest BCUT2D eigenvalue weighted by atomic mass is 35.5. The highest BCUT2D eigenvalue weighted by Crippen LogP contribution is 2.33. The van der Waals surface area contributed by atoms with Gasteiger partial charge in [0, 0.05) is 17.2 Å². The molecule has 0 saturated carbocycles. The van der Waals surface area contributed by atoms with E-state index < -0.39 is 37.3 Å². The highest BCUT2D eigenvalue weighted by molar-refractivity contribution is 7.87. The van der Waals surface area contributed by atoms with Gasteiger partial charge in [0.05, 0.1) is 22.6 Å². The van der Waals surface area contributed by atoms with Gasteiger partial charge in [-0.3, -0.25) is 10.1 Å². The van der Waals surface area contributed by atoms with E-state index >= 15 is 0 Å². The molecule has 0 heterocycles. The van der Waals surface area contributed by atoms with Gasteiger partial charge >= 0.3 is 21.8 Å². The first-order valence-electron chi connectivity index (χ1n) is 6.42. The van der Waals surface area contributed by atoms with Crippen LogP contribution in [0.15, 0.2) is 41.3 Å². The predicted octanol–water partition coefficient (Wildman–Crippen LogP) is 3.46. The predicted molar refractivity (Wildman–Crippen MR) is 88.7 cm³/mol. The summed E-state index contributed by atoms with van der Waals surface area (Å²) < 4.78 is 34.1. The van der Waals surface area contributed by atoms with Crippen LogP contribution in [0.1, 0.15) is 10.4 Å². The molecule has 0 unspecified atom stereocenters. The summed E-state index contributed by atoms with van der Waals surface area (Å²) in [6.45, 7) is 0. The van der Waals surface area contributed by atoms with Gasteiger partial charge in [0.15, 0.2) is 0 Å². The molecule has 0 spiro atoms. The van der Waals surface area contributed by atoms with Crippen LogP contribution in [-0.2, 0) is 14.9 Å². The van der Waals surface area contributed by atoms with Crippen molar-refractivity contribution in [3.63, 3.8) is 0 Å². The lowest BCUT2D eigenvalue weighted by molar-refractivity contribution is -0.385. The molecule has 132 valence electrons. The number of nitro benzene ring substituents is 1. The van der Waals surface area contributed by atoms with E-state index in [2.05, 4.69) is 4.74 Å². The van der Waals surface area contributed by atoms with Gasteiger partial charge in [0.25, 0.3) is 0 Å². The largest absolute Gasteiger partial charge is 0.465 e. The molecule has 0 aliphatic carbocycles. The minimum Gasteiger partial charge on any atom is -0.465 e. The third-order valence-corrected chi connectivity index (χ3v) is 4.89. The number of hydrogen-bond donors (Lipinski definition) is 0. The molecule has 0 aliphatic heterocycles. The van der Waals surface area contributed by atoms with Crippen LogP contribution >= 0.6 is 23.2 Å². The van der Waals surface area contributed by atoms with Gasteiger partial charge in [-0.1, -0.05) is 23.2 Å². The fourth-order valence-electron chi connectivity index (χ4n) is 1.81. The number of ether oxygens (including phenoxy) is 1. The lowest BCUT2D eigenvalue weighted by atomic mass is 10.2. The van der Waals surface area contributed by atoms with E-state index in [0.29, 0.717) is 0 Å². The van der Waals surface area contributed by atoms with Gasteiger partial charge in [-0.15, -0.1) is 0 Å². The van der Waals surface area contributed by atoms with E-state index in [1.807, 2.05) is 0 Å². The molecule has 0 amide bonds. The quantitative estimate of drug-likeness (QED) is 0.323. The van der Waals surface area contributed by atoms with Crippen molar-refractivity contribution < 1.29 is 27.1 Å². The Bertz CT molecular complexity index is 960. The van der Waals surface area contributed by atoms with Gasteiger partial charge in [-0.2, -0.15) is 8.42 Å². The molecule has 0 aliphatic rings. The molecule has 0 aromatic heterocycles. The Morgan fingerprint density at radius 2 is 1.84 bits per heavy atom. The topological polar surface area (TPSA) is 113 Å². The molecule has 0 N–H and O–H groups in total.